The molecule has 0 aliphatic carbocycles. The molecule has 2 rings (SSSR count). The lowest BCUT2D eigenvalue weighted by Gasteiger charge is -2.00. The second kappa shape index (κ2) is 4.84. The van der Waals surface area contributed by atoms with Crippen molar-refractivity contribution >= 4 is 12.3 Å². The van der Waals surface area contributed by atoms with Crippen LogP contribution in [0.15, 0.2) is 21.8 Å². The summed E-state index contributed by atoms with van der Waals surface area (Å²) >= 11 is 0. The van der Waals surface area contributed by atoms with Crippen molar-refractivity contribution < 1.29 is 4.74 Å². The normalized spacial score (nSPS) is 17.1. The quantitative estimate of drug-likeness (QED) is 0.865. The van der Waals surface area contributed by atoms with Gasteiger partial charge in [0.05, 0.1) is 12.8 Å². The fourth-order valence-electron chi connectivity index (χ4n) is 2.26. The molecule has 0 atom stereocenters. The van der Waals surface area contributed by atoms with Gasteiger partial charge in [-0.15, -0.1) is 0 Å². The van der Waals surface area contributed by atoms with Gasteiger partial charge in [-0.05, 0) is 50.0 Å². The third-order valence-electron chi connectivity index (χ3n) is 3.58. The first-order chi connectivity index (χ1) is 8.58. The summed E-state index contributed by atoms with van der Waals surface area (Å²) in [5.74, 6) is 0.846. The summed E-state index contributed by atoms with van der Waals surface area (Å²) in [4.78, 5) is 7.75. The highest BCUT2D eigenvalue weighted by molar-refractivity contribution is 5.87. The van der Waals surface area contributed by atoms with Gasteiger partial charge in [0.15, 0.2) is 5.88 Å². The van der Waals surface area contributed by atoms with E-state index >= 15 is 0 Å². The van der Waals surface area contributed by atoms with Crippen LogP contribution in [0.4, 0.5) is 0 Å². The van der Waals surface area contributed by atoms with Crippen LogP contribution in [0.5, 0.6) is 5.88 Å². The van der Waals surface area contributed by atoms with Crippen molar-refractivity contribution in [3.63, 3.8) is 0 Å². The molecule has 1 aliphatic rings. The Hall–Kier alpha value is -1.77. The summed E-state index contributed by atoms with van der Waals surface area (Å²) in [6, 6.07) is 0. The van der Waals surface area contributed by atoms with Crippen LogP contribution in [0.2, 0.25) is 0 Å². The maximum absolute atomic E-state index is 5.35. The lowest BCUT2D eigenvalue weighted by Crippen LogP contribution is -1.86. The zero-order valence-electron chi connectivity index (χ0n) is 11.7. The zero-order chi connectivity index (χ0) is 13.3. The van der Waals surface area contributed by atoms with E-state index in [1.54, 1.807) is 7.11 Å². The maximum Gasteiger partial charge on any atom is 0.194 e. The highest BCUT2D eigenvalue weighted by Gasteiger charge is 2.14. The fourth-order valence-corrected chi connectivity index (χ4v) is 2.26. The van der Waals surface area contributed by atoms with Gasteiger partial charge in [-0.2, -0.15) is 0 Å². The van der Waals surface area contributed by atoms with E-state index in [4.69, 9.17) is 4.74 Å². The van der Waals surface area contributed by atoms with Gasteiger partial charge in [-0.3, -0.25) is 4.99 Å². The number of nitrogens with one attached hydrogen (secondary N) is 1. The Kier molecular flexibility index (Phi) is 3.41. The number of aromatic amines is 1. The molecule has 96 valence electrons. The van der Waals surface area contributed by atoms with Gasteiger partial charge in [0.2, 0.25) is 0 Å². The van der Waals surface area contributed by atoms with Crippen molar-refractivity contribution in [2.45, 2.75) is 34.1 Å². The predicted molar refractivity (Wildman–Crippen MR) is 76.3 cm³/mol. The molecule has 1 aromatic rings. The van der Waals surface area contributed by atoms with Gasteiger partial charge in [-0.25, -0.2) is 0 Å². The lowest BCUT2D eigenvalue weighted by molar-refractivity contribution is 0.397. The number of aromatic nitrogens is 1. The number of allylic oxidation sites excluding steroid dienone is 2. The third kappa shape index (κ3) is 2.01. The topological polar surface area (TPSA) is 37.4 Å². The molecule has 0 aromatic carbocycles. The van der Waals surface area contributed by atoms with E-state index in [0.717, 1.165) is 23.7 Å². The van der Waals surface area contributed by atoms with Crippen molar-refractivity contribution in [1.29, 1.82) is 0 Å². The van der Waals surface area contributed by atoms with Gasteiger partial charge in [0.25, 0.3) is 0 Å². The Morgan fingerprint density at radius 3 is 2.56 bits per heavy atom. The van der Waals surface area contributed by atoms with Gasteiger partial charge >= 0.3 is 0 Å². The van der Waals surface area contributed by atoms with E-state index in [2.05, 4.69) is 43.7 Å². The Bertz CT molecular complexity index is 559. The van der Waals surface area contributed by atoms with E-state index in [1.807, 2.05) is 6.21 Å². The molecule has 3 heteroatoms. The molecule has 0 bridgehead atoms. The largest absolute Gasteiger partial charge is 0.482 e. The molecule has 0 radical (unpaired) electrons. The van der Waals surface area contributed by atoms with Crippen LogP contribution < -0.4 is 4.74 Å². The average molecular weight is 244 g/mol. The first-order valence-electron chi connectivity index (χ1n) is 6.27. The van der Waals surface area contributed by atoms with Gasteiger partial charge in [0, 0.05) is 17.5 Å². The average Bonchev–Trinajstić information content (AvgIpc) is 2.84. The van der Waals surface area contributed by atoms with Crippen LogP contribution in [0, 0.1) is 6.92 Å². The van der Waals surface area contributed by atoms with Crippen LogP contribution >= 0.6 is 0 Å². The molecule has 0 spiro atoms. The van der Waals surface area contributed by atoms with E-state index in [9.17, 15) is 0 Å². The van der Waals surface area contributed by atoms with Crippen LogP contribution in [-0.2, 0) is 6.42 Å². The second-order valence-corrected chi connectivity index (χ2v) is 4.62. The SMILES string of the molecule is CCc1c(/C=C2\N=CC(C)=C2C)[nH]c(OC)c1C. The van der Waals surface area contributed by atoms with E-state index < -0.39 is 0 Å². The van der Waals surface area contributed by atoms with Gasteiger partial charge in [-0.1, -0.05) is 6.92 Å². The third-order valence-corrected chi connectivity index (χ3v) is 3.58. The standard InChI is InChI=1S/C15H20N2O/c1-6-12-11(4)15(18-5)17-14(12)7-13-10(3)9(2)8-16-13/h7-8,17H,6H2,1-5H3/b13-7-. The molecule has 1 aliphatic heterocycles. The van der Waals surface area contributed by atoms with E-state index in [1.165, 1.54) is 22.3 Å². The van der Waals surface area contributed by atoms with E-state index in [0.29, 0.717) is 0 Å². The van der Waals surface area contributed by atoms with Crippen LogP contribution in [0.25, 0.3) is 6.08 Å². The molecule has 0 saturated carbocycles. The van der Waals surface area contributed by atoms with Gasteiger partial charge in [0.1, 0.15) is 0 Å². The number of hydrogen-bond acceptors (Lipinski definition) is 2. The number of ether oxygens (including phenoxy) is 1. The maximum atomic E-state index is 5.35. The highest BCUT2D eigenvalue weighted by atomic mass is 16.5. The summed E-state index contributed by atoms with van der Waals surface area (Å²) in [7, 11) is 1.69. The monoisotopic (exact) mass is 244 g/mol. The van der Waals surface area contributed by atoms with Gasteiger partial charge < -0.3 is 9.72 Å². The summed E-state index contributed by atoms with van der Waals surface area (Å²) in [6.45, 7) is 8.43. The number of hydrogen-bond donors (Lipinski definition) is 1. The Morgan fingerprint density at radius 2 is 2.06 bits per heavy atom. The Balaban J connectivity index is 2.47. The van der Waals surface area contributed by atoms with Crippen molar-refractivity contribution in [3.05, 3.63) is 33.7 Å². The summed E-state index contributed by atoms with van der Waals surface area (Å²) < 4.78 is 5.35. The molecule has 0 amide bonds. The summed E-state index contributed by atoms with van der Waals surface area (Å²) in [5, 5.41) is 0. The first kappa shape index (κ1) is 12.7. The molecule has 0 fully saturated rings. The van der Waals surface area contributed by atoms with Crippen molar-refractivity contribution in [2.24, 2.45) is 4.99 Å². The highest BCUT2D eigenvalue weighted by Crippen LogP contribution is 2.29. The molecule has 1 aromatic heterocycles. The number of rotatable bonds is 3. The Morgan fingerprint density at radius 1 is 1.33 bits per heavy atom. The smallest absolute Gasteiger partial charge is 0.194 e. The predicted octanol–water partition coefficient (Wildman–Crippen LogP) is 3.66. The van der Waals surface area contributed by atoms with Crippen LogP contribution in [0.3, 0.4) is 0 Å². The molecular formula is C15H20N2O. The zero-order valence-corrected chi connectivity index (χ0v) is 11.7. The molecule has 0 unspecified atom stereocenters. The fraction of sp³-hybridized carbons (Fsp3) is 0.400. The molecular weight excluding hydrogens is 224 g/mol. The van der Waals surface area contributed by atoms with Crippen LogP contribution in [0.1, 0.15) is 37.6 Å². The number of H-pyrrole nitrogens is 1. The van der Waals surface area contributed by atoms with Crippen molar-refractivity contribution in [2.75, 3.05) is 7.11 Å². The molecule has 0 saturated heterocycles. The number of methoxy groups -OCH3 is 1. The van der Waals surface area contributed by atoms with Crippen molar-refractivity contribution in [1.82, 2.24) is 4.98 Å². The van der Waals surface area contributed by atoms with Crippen LogP contribution in [-0.4, -0.2) is 18.3 Å². The Labute approximate surface area is 108 Å². The lowest BCUT2D eigenvalue weighted by atomic mass is 10.1. The molecule has 3 nitrogen and oxygen atoms in total. The van der Waals surface area contributed by atoms with E-state index in [-0.39, 0.29) is 0 Å². The number of nitrogens with zero attached hydrogens (tertiary/aromatic N) is 1. The minimum Gasteiger partial charge on any atom is -0.482 e. The number of aliphatic imine (C=N–C) groups is 1. The summed E-state index contributed by atoms with van der Waals surface area (Å²) in [6.07, 6.45) is 5.01. The first-order valence-corrected chi connectivity index (χ1v) is 6.27. The minimum atomic E-state index is 0.846. The molecule has 1 N–H and O–H groups in total. The minimum absolute atomic E-state index is 0.846. The second-order valence-electron chi connectivity index (χ2n) is 4.62. The van der Waals surface area contributed by atoms with Crippen molar-refractivity contribution in [3.8, 4) is 5.88 Å². The molecule has 18 heavy (non-hydrogen) atoms. The molecule has 2 heterocycles. The summed E-state index contributed by atoms with van der Waals surface area (Å²) in [5.41, 5.74) is 7.09.